The second-order valence-corrected chi connectivity index (χ2v) is 7.09. The molecule has 2 N–H and O–H groups in total. The van der Waals surface area contributed by atoms with Crippen LogP contribution in [-0.2, 0) is 6.54 Å². The third-order valence-corrected chi connectivity index (χ3v) is 5.04. The smallest absolute Gasteiger partial charge is 0.191 e. The molecule has 0 saturated carbocycles. The van der Waals surface area contributed by atoms with E-state index in [-0.39, 0.29) is 6.04 Å². The monoisotopic (exact) mass is 411 g/mol. The van der Waals surface area contributed by atoms with E-state index in [1.807, 2.05) is 27.8 Å². The van der Waals surface area contributed by atoms with Gasteiger partial charge in [0.05, 0.1) is 5.69 Å². The lowest BCUT2D eigenvalue weighted by Gasteiger charge is -2.21. The van der Waals surface area contributed by atoms with Crippen LogP contribution >= 0.6 is 0 Å². The van der Waals surface area contributed by atoms with E-state index in [9.17, 15) is 8.78 Å². The maximum atomic E-state index is 14.1. The molecule has 1 aliphatic rings. The van der Waals surface area contributed by atoms with Gasteiger partial charge in [0.1, 0.15) is 23.8 Å². The first-order chi connectivity index (χ1) is 14.6. The number of guanidine groups is 1. The predicted molar refractivity (Wildman–Crippen MR) is 112 cm³/mol. The van der Waals surface area contributed by atoms with Gasteiger partial charge in [-0.05, 0) is 36.2 Å². The first-order valence-electron chi connectivity index (χ1n) is 9.73. The summed E-state index contributed by atoms with van der Waals surface area (Å²) in [5.41, 5.74) is 1.48. The largest absolute Gasteiger partial charge is 0.367 e. The molecule has 1 saturated heterocycles. The molecule has 9 heteroatoms. The molecule has 4 rings (SSSR count). The second kappa shape index (κ2) is 8.89. The number of halogens is 2. The predicted octanol–water partition coefficient (Wildman–Crippen LogP) is 2.49. The van der Waals surface area contributed by atoms with Gasteiger partial charge in [-0.15, -0.1) is 0 Å². The molecule has 30 heavy (non-hydrogen) atoms. The standard InChI is InChI=1S/C21H23F2N7/c1-24-21(27-12-15-4-6-26-20(10-15)30-9-7-25-14-30)28-17-5-8-29(13-17)19-3-2-16(22)11-18(19)23/h2-4,6-7,9-11,14,17H,5,8,12-13H2,1H3,(H2,24,27,28). The van der Waals surface area contributed by atoms with Crippen molar-refractivity contribution in [2.75, 3.05) is 25.0 Å². The fourth-order valence-corrected chi connectivity index (χ4v) is 3.51. The minimum atomic E-state index is -0.568. The van der Waals surface area contributed by atoms with E-state index in [0.29, 0.717) is 31.3 Å². The molecule has 1 unspecified atom stereocenters. The number of pyridine rings is 1. The van der Waals surface area contributed by atoms with Crippen LogP contribution in [0, 0.1) is 11.6 Å². The zero-order valence-corrected chi connectivity index (χ0v) is 16.6. The van der Waals surface area contributed by atoms with Crippen molar-refractivity contribution in [3.05, 3.63) is 72.4 Å². The Hall–Kier alpha value is -3.49. The summed E-state index contributed by atoms with van der Waals surface area (Å²) in [5.74, 6) is 0.358. The molecule has 3 aromatic rings. The fourth-order valence-electron chi connectivity index (χ4n) is 3.51. The molecule has 0 aliphatic carbocycles. The highest BCUT2D eigenvalue weighted by Gasteiger charge is 2.25. The first-order valence-corrected chi connectivity index (χ1v) is 9.73. The van der Waals surface area contributed by atoms with Gasteiger partial charge in [-0.25, -0.2) is 18.7 Å². The Kier molecular flexibility index (Phi) is 5.87. The summed E-state index contributed by atoms with van der Waals surface area (Å²) in [6.45, 7) is 1.88. The quantitative estimate of drug-likeness (QED) is 0.499. The van der Waals surface area contributed by atoms with Crippen LogP contribution in [0.25, 0.3) is 5.82 Å². The molecule has 0 bridgehead atoms. The van der Waals surface area contributed by atoms with Crippen molar-refractivity contribution in [2.45, 2.75) is 19.0 Å². The zero-order chi connectivity index (χ0) is 20.9. The van der Waals surface area contributed by atoms with E-state index < -0.39 is 11.6 Å². The first kappa shape index (κ1) is 19.8. The number of aromatic nitrogens is 3. The maximum absolute atomic E-state index is 14.1. The third-order valence-electron chi connectivity index (χ3n) is 5.04. The SMILES string of the molecule is CN=C(NCc1ccnc(-n2ccnc2)c1)NC1CCN(c2ccc(F)cc2F)C1. The Morgan fingerprint density at radius 3 is 2.90 bits per heavy atom. The number of rotatable bonds is 5. The average molecular weight is 411 g/mol. The second-order valence-electron chi connectivity index (χ2n) is 7.09. The number of anilines is 1. The molecule has 1 fully saturated rings. The lowest BCUT2D eigenvalue weighted by molar-refractivity contribution is 0.580. The minimum Gasteiger partial charge on any atom is -0.367 e. The Morgan fingerprint density at radius 1 is 1.23 bits per heavy atom. The normalized spacial score (nSPS) is 16.7. The molecular weight excluding hydrogens is 388 g/mol. The number of aliphatic imine (C=N–C) groups is 1. The number of nitrogens with one attached hydrogen (secondary N) is 2. The summed E-state index contributed by atoms with van der Waals surface area (Å²) < 4.78 is 29.1. The van der Waals surface area contributed by atoms with E-state index in [1.54, 1.807) is 25.8 Å². The molecule has 3 heterocycles. The van der Waals surface area contributed by atoms with Crippen molar-refractivity contribution in [1.82, 2.24) is 25.2 Å². The van der Waals surface area contributed by atoms with Gasteiger partial charge < -0.3 is 15.5 Å². The fraction of sp³-hybridized carbons (Fsp3) is 0.286. The molecule has 0 spiro atoms. The number of nitrogens with zero attached hydrogens (tertiary/aromatic N) is 5. The Bertz CT molecular complexity index is 1020. The van der Waals surface area contributed by atoms with Crippen LogP contribution in [0.5, 0.6) is 0 Å². The summed E-state index contributed by atoms with van der Waals surface area (Å²) in [6.07, 6.45) is 7.85. The maximum Gasteiger partial charge on any atom is 0.191 e. The third kappa shape index (κ3) is 4.56. The molecule has 0 radical (unpaired) electrons. The van der Waals surface area contributed by atoms with Gasteiger partial charge in [-0.2, -0.15) is 0 Å². The van der Waals surface area contributed by atoms with Gasteiger partial charge in [-0.3, -0.25) is 9.56 Å². The van der Waals surface area contributed by atoms with Gasteiger partial charge in [0.2, 0.25) is 0 Å². The number of imidazole rings is 1. The van der Waals surface area contributed by atoms with Crippen LogP contribution in [0.1, 0.15) is 12.0 Å². The van der Waals surface area contributed by atoms with Crippen molar-refractivity contribution >= 4 is 11.6 Å². The Morgan fingerprint density at radius 2 is 2.13 bits per heavy atom. The number of hydrogen-bond acceptors (Lipinski definition) is 4. The van der Waals surface area contributed by atoms with E-state index in [2.05, 4.69) is 25.6 Å². The Labute approximate surface area is 173 Å². The lowest BCUT2D eigenvalue weighted by atomic mass is 10.2. The zero-order valence-electron chi connectivity index (χ0n) is 16.6. The van der Waals surface area contributed by atoms with Crippen LogP contribution < -0.4 is 15.5 Å². The highest BCUT2D eigenvalue weighted by molar-refractivity contribution is 5.80. The summed E-state index contributed by atoms with van der Waals surface area (Å²) in [4.78, 5) is 14.6. The van der Waals surface area contributed by atoms with Gasteiger partial charge in [0, 0.05) is 57.4 Å². The van der Waals surface area contributed by atoms with Crippen LogP contribution in [0.4, 0.5) is 14.5 Å². The van der Waals surface area contributed by atoms with Crippen molar-refractivity contribution in [3.63, 3.8) is 0 Å². The molecule has 0 amide bonds. The Balaban J connectivity index is 1.33. The van der Waals surface area contributed by atoms with Crippen LogP contribution in [-0.4, -0.2) is 46.7 Å². The number of hydrogen-bond donors (Lipinski definition) is 2. The van der Waals surface area contributed by atoms with E-state index in [4.69, 9.17) is 0 Å². The van der Waals surface area contributed by atoms with Crippen molar-refractivity contribution < 1.29 is 8.78 Å². The van der Waals surface area contributed by atoms with Crippen LogP contribution in [0.2, 0.25) is 0 Å². The van der Waals surface area contributed by atoms with E-state index >= 15 is 0 Å². The van der Waals surface area contributed by atoms with E-state index in [0.717, 1.165) is 23.9 Å². The van der Waals surface area contributed by atoms with Crippen LogP contribution in [0.3, 0.4) is 0 Å². The van der Waals surface area contributed by atoms with Gasteiger partial charge in [-0.1, -0.05) is 0 Å². The summed E-state index contributed by atoms with van der Waals surface area (Å²) >= 11 is 0. The highest BCUT2D eigenvalue weighted by Crippen LogP contribution is 2.24. The lowest BCUT2D eigenvalue weighted by Crippen LogP contribution is -2.44. The molecule has 1 aliphatic heterocycles. The molecule has 1 aromatic carbocycles. The van der Waals surface area contributed by atoms with Crippen molar-refractivity contribution in [1.29, 1.82) is 0 Å². The molecular formula is C21H23F2N7. The van der Waals surface area contributed by atoms with E-state index in [1.165, 1.54) is 12.1 Å². The van der Waals surface area contributed by atoms with Gasteiger partial charge in [0.25, 0.3) is 0 Å². The molecule has 1 atom stereocenters. The summed E-state index contributed by atoms with van der Waals surface area (Å²) in [7, 11) is 1.71. The topological polar surface area (TPSA) is 70.4 Å². The molecule has 156 valence electrons. The number of benzene rings is 1. The minimum absolute atomic E-state index is 0.111. The molecule has 7 nitrogen and oxygen atoms in total. The summed E-state index contributed by atoms with van der Waals surface area (Å²) in [5, 5.41) is 6.68. The van der Waals surface area contributed by atoms with Crippen LogP contribution in [0.15, 0.2) is 60.2 Å². The highest BCUT2D eigenvalue weighted by atomic mass is 19.1. The van der Waals surface area contributed by atoms with Crippen molar-refractivity contribution in [3.8, 4) is 5.82 Å². The van der Waals surface area contributed by atoms with Crippen molar-refractivity contribution in [2.24, 2.45) is 4.99 Å². The van der Waals surface area contributed by atoms with Gasteiger partial charge >= 0.3 is 0 Å². The summed E-state index contributed by atoms with van der Waals surface area (Å²) in [6, 6.07) is 7.72. The van der Waals surface area contributed by atoms with Gasteiger partial charge in [0.15, 0.2) is 5.96 Å². The average Bonchev–Trinajstić information content (AvgIpc) is 3.44. The molecule has 2 aromatic heterocycles.